The first-order valence-corrected chi connectivity index (χ1v) is 10.3. The Balaban J connectivity index is 1.34. The van der Waals surface area contributed by atoms with Crippen molar-refractivity contribution in [2.24, 2.45) is 5.16 Å². The summed E-state index contributed by atoms with van der Waals surface area (Å²) in [5.41, 5.74) is 1.37. The number of carbonyl (C=O) groups is 2. The molecule has 8 heteroatoms. The molecular weight excluding hydrogens is 370 g/mol. The van der Waals surface area contributed by atoms with Gasteiger partial charge in [-0.25, -0.2) is 0 Å². The van der Waals surface area contributed by atoms with Crippen molar-refractivity contribution in [3.8, 4) is 0 Å². The molecule has 0 radical (unpaired) electrons. The maximum Gasteiger partial charge on any atom is 0.271 e. The van der Waals surface area contributed by atoms with Gasteiger partial charge < -0.3 is 19.5 Å². The van der Waals surface area contributed by atoms with Crippen LogP contribution >= 0.6 is 0 Å². The van der Waals surface area contributed by atoms with Crippen molar-refractivity contribution < 1.29 is 14.4 Å². The molecule has 0 aromatic carbocycles. The summed E-state index contributed by atoms with van der Waals surface area (Å²) >= 11 is 0. The Morgan fingerprint density at radius 1 is 1.14 bits per heavy atom. The van der Waals surface area contributed by atoms with Crippen LogP contribution in [0.4, 0.5) is 0 Å². The zero-order chi connectivity index (χ0) is 20.6. The molecule has 4 rings (SSSR count). The van der Waals surface area contributed by atoms with Crippen molar-refractivity contribution in [2.75, 3.05) is 40.3 Å². The predicted octanol–water partition coefficient (Wildman–Crippen LogP) is 1.30. The summed E-state index contributed by atoms with van der Waals surface area (Å²) < 4.78 is 0. The second-order valence-corrected chi connectivity index (χ2v) is 8.64. The molecule has 0 bridgehead atoms. The van der Waals surface area contributed by atoms with E-state index in [1.54, 1.807) is 17.2 Å². The van der Waals surface area contributed by atoms with Gasteiger partial charge in [-0.2, -0.15) is 0 Å². The van der Waals surface area contributed by atoms with Crippen LogP contribution in [0, 0.1) is 6.92 Å². The number of amides is 2. The van der Waals surface area contributed by atoms with E-state index in [2.05, 4.69) is 29.1 Å². The number of hydrogen-bond acceptors (Lipinski definition) is 6. The molecule has 0 N–H and O–H groups in total. The molecule has 1 aromatic rings. The fraction of sp³-hybridized carbons (Fsp3) is 0.619. The number of hydrogen-bond donors (Lipinski definition) is 0. The fourth-order valence-electron chi connectivity index (χ4n) is 4.42. The summed E-state index contributed by atoms with van der Waals surface area (Å²) in [6, 6.07) is 4.16. The molecule has 1 atom stereocenters. The summed E-state index contributed by atoms with van der Waals surface area (Å²) in [5, 5.41) is 4.14. The largest absolute Gasteiger partial charge is 0.386 e. The topological polar surface area (TPSA) is 78.3 Å². The molecule has 3 aliphatic heterocycles. The minimum Gasteiger partial charge on any atom is -0.386 e. The van der Waals surface area contributed by atoms with E-state index in [1.165, 1.54) is 0 Å². The number of aromatic nitrogens is 1. The number of likely N-dealkylation sites (tertiary alicyclic amines) is 2. The zero-order valence-corrected chi connectivity index (χ0v) is 17.4. The second-order valence-electron chi connectivity index (χ2n) is 8.64. The van der Waals surface area contributed by atoms with Crippen LogP contribution in [0.25, 0.3) is 0 Å². The van der Waals surface area contributed by atoms with E-state index < -0.39 is 5.60 Å². The Kier molecular flexibility index (Phi) is 5.29. The average molecular weight is 399 g/mol. The highest BCUT2D eigenvalue weighted by atomic mass is 16.7. The first-order chi connectivity index (χ1) is 13.9. The molecule has 0 saturated carbocycles. The van der Waals surface area contributed by atoms with Crippen LogP contribution in [-0.4, -0.2) is 89.1 Å². The van der Waals surface area contributed by atoms with Gasteiger partial charge in [0.15, 0.2) is 5.60 Å². The van der Waals surface area contributed by atoms with Crippen molar-refractivity contribution in [3.05, 3.63) is 29.6 Å². The van der Waals surface area contributed by atoms with E-state index in [0.29, 0.717) is 43.2 Å². The highest BCUT2D eigenvalue weighted by Gasteiger charge is 2.48. The molecule has 1 aromatic heterocycles. The first-order valence-electron chi connectivity index (χ1n) is 10.3. The maximum absolute atomic E-state index is 12.9. The first kappa shape index (κ1) is 19.8. The van der Waals surface area contributed by atoms with Crippen LogP contribution in [-0.2, 0) is 9.63 Å². The number of nitrogens with zero attached hydrogens (tertiary/aromatic N) is 5. The molecule has 2 amide bonds. The summed E-state index contributed by atoms with van der Waals surface area (Å²) in [7, 11) is 4.17. The molecule has 8 nitrogen and oxygen atoms in total. The molecule has 29 heavy (non-hydrogen) atoms. The lowest BCUT2D eigenvalue weighted by atomic mass is 9.95. The van der Waals surface area contributed by atoms with Gasteiger partial charge in [0.25, 0.3) is 11.8 Å². The van der Waals surface area contributed by atoms with Gasteiger partial charge in [-0.3, -0.25) is 14.6 Å². The summed E-state index contributed by atoms with van der Waals surface area (Å²) in [6.45, 7) is 4.43. The molecule has 1 spiro atoms. The number of oxime groups is 1. The normalized spacial score (nSPS) is 24.9. The van der Waals surface area contributed by atoms with E-state index in [-0.39, 0.29) is 11.8 Å². The van der Waals surface area contributed by atoms with Gasteiger partial charge in [-0.15, -0.1) is 0 Å². The summed E-state index contributed by atoms with van der Waals surface area (Å²) in [4.78, 5) is 41.5. The number of rotatable bonds is 3. The number of pyridine rings is 1. The fourth-order valence-corrected chi connectivity index (χ4v) is 4.42. The molecule has 0 aliphatic carbocycles. The van der Waals surface area contributed by atoms with Gasteiger partial charge in [0.05, 0.1) is 12.1 Å². The van der Waals surface area contributed by atoms with Crippen LogP contribution < -0.4 is 0 Å². The highest BCUT2D eigenvalue weighted by molar-refractivity contribution is 6.39. The number of piperidine rings is 1. The van der Waals surface area contributed by atoms with E-state index in [9.17, 15) is 9.59 Å². The Morgan fingerprint density at radius 3 is 2.55 bits per heavy atom. The van der Waals surface area contributed by atoms with E-state index in [0.717, 1.165) is 31.6 Å². The SMILES string of the molecule is Cc1ccc(C(=O)N2CCC3(CC(C(=O)N4CCC(N(C)C)CC4)=NO3)C2)cn1. The van der Waals surface area contributed by atoms with Crippen LogP contribution in [0.1, 0.15) is 41.7 Å². The Morgan fingerprint density at radius 2 is 1.90 bits per heavy atom. The highest BCUT2D eigenvalue weighted by Crippen LogP contribution is 2.35. The summed E-state index contributed by atoms with van der Waals surface area (Å²) in [5.74, 6) is -0.0740. The Labute approximate surface area is 171 Å². The average Bonchev–Trinajstić information content (AvgIpc) is 3.34. The van der Waals surface area contributed by atoms with Crippen LogP contribution in [0.15, 0.2) is 23.5 Å². The minimum absolute atomic E-state index is 0.0217. The third-order valence-electron chi connectivity index (χ3n) is 6.33. The van der Waals surface area contributed by atoms with E-state index in [4.69, 9.17) is 4.84 Å². The Bertz CT molecular complexity index is 814. The van der Waals surface area contributed by atoms with Crippen LogP contribution in [0.5, 0.6) is 0 Å². The quantitative estimate of drug-likeness (QED) is 0.766. The van der Waals surface area contributed by atoms with Gasteiger partial charge in [-0.05, 0) is 46.0 Å². The van der Waals surface area contributed by atoms with E-state index >= 15 is 0 Å². The standard InChI is InChI=1S/C21H29N5O3/c1-15-4-5-16(13-22-15)19(27)26-11-8-21(14-26)12-18(23-29-21)20(28)25-9-6-17(7-10-25)24(2)3/h4-5,13,17H,6-12,14H2,1-3H3. The third-order valence-corrected chi connectivity index (χ3v) is 6.33. The van der Waals surface area contributed by atoms with Crippen LogP contribution in [0.3, 0.4) is 0 Å². The molecule has 2 saturated heterocycles. The van der Waals surface area contributed by atoms with E-state index in [1.807, 2.05) is 17.9 Å². The minimum atomic E-state index is -0.569. The number of aryl methyl sites for hydroxylation is 1. The van der Waals surface area contributed by atoms with Gasteiger partial charge in [0, 0.05) is 50.4 Å². The monoisotopic (exact) mass is 399 g/mol. The van der Waals surface area contributed by atoms with Crippen molar-refractivity contribution in [1.29, 1.82) is 0 Å². The maximum atomic E-state index is 12.9. The van der Waals surface area contributed by atoms with Crippen molar-refractivity contribution in [2.45, 2.75) is 44.2 Å². The van der Waals surface area contributed by atoms with Gasteiger partial charge in [-0.1, -0.05) is 5.16 Å². The lowest BCUT2D eigenvalue weighted by molar-refractivity contribution is -0.125. The molecule has 1 unspecified atom stereocenters. The smallest absolute Gasteiger partial charge is 0.271 e. The third kappa shape index (κ3) is 3.99. The Hall–Kier alpha value is -2.48. The zero-order valence-electron chi connectivity index (χ0n) is 17.4. The van der Waals surface area contributed by atoms with Crippen molar-refractivity contribution >= 4 is 17.5 Å². The van der Waals surface area contributed by atoms with Crippen molar-refractivity contribution in [1.82, 2.24) is 19.7 Å². The van der Waals surface area contributed by atoms with Crippen LogP contribution in [0.2, 0.25) is 0 Å². The molecule has 2 fully saturated rings. The van der Waals surface area contributed by atoms with Gasteiger partial charge in [0.1, 0.15) is 5.71 Å². The molecule has 4 heterocycles. The van der Waals surface area contributed by atoms with Gasteiger partial charge >= 0.3 is 0 Å². The number of carbonyl (C=O) groups excluding carboxylic acids is 2. The molecule has 3 aliphatic rings. The van der Waals surface area contributed by atoms with Crippen molar-refractivity contribution in [3.63, 3.8) is 0 Å². The predicted molar refractivity (Wildman–Crippen MR) is 109 cm³/mol. The summed E-state index contributed by atoms with van der Waals surface area (Å²) in [6.07, 6.45) is 4.72. The molecular formula is C21H29N5O3. The lowest BCUT2D eigenvalue weighted by Crippen LogP contribution is -2.47. The molecule has 156 valence electrons. The van der Waals surface area contributed by atoms with Gasteiger partial charge in [0.2, 0.25) is 0 Å². The second kappa shape index (κ2) is 7.74. The lowest BCUT2D eigenvalue weighted by Gasteiger charge is -2.35.